The van der Waals surface area contributed by atoms with Crippen molar-refractivity contribution in [3.05, 3.63) is 29.8 Å². The lowest BCUT2D eigenvalue weighted by atomic mass is 9.89. The summed E-state index contributed by atoms with van der Waals surface area (Å²) in [5.74, 6) is 1.56. The van der Waals surface area contributed by atoms with Gasteiger partial charge in [-0.15, -0.1) is 0 Å². The number of rotatable bonds is 6. The third-order valence-electron chi connectivity index (χ3n) is 4.23. The monoisotopic (exact) mass is 263 g/mol. The van der Waals surface area contributed by atoms with E-state index < -0.39 is 0 Å². The van der Waals surface area contributed by atoms with E-state index in [0.717, 1.165) is 25.2 Å². The Kier molecular flexibility index (Phi) is 5.23. The molecule has 1 aliphatic rings. The van der Waals surface area contributed by atoms with Gasteiger partial charge in [0.1, 0.15) is 5.75 Å². The lowest BCUT2D eigenvalue weighted by Crippen LogP contribution is -2.37. The van der Waals surface area contributed by atoms with E-state index in [4.69, 9.17) is 9.47 Å². The summed E-state index contributed by atoms with van der Waals surface area (Å²) in [6.45, 7) is 3.10. The first kappa shape index (κ1) is 14.4. The van der Waals surface area contributed by atoms with Crippen LogP contribution in [0.1, 0.15) is 25.3 Å². The lowest BCUT2D eigenvalue weighted by molar-refractivity contribution is 0.0953. The molecule has 1 heterocycles. The van der Waals surface area contributed by atoms with Gasteiger partial charge >= 0.3 is 0 Å². The highest BCUT2D eigenvalue weighted by molar-refractivity contribution is 5.27. The van der Waals surface area contributed by atoms with Crippen LogP contribution < -0.4 is 10.1 Å². The molecule has 1 aromatic carbocycles. The maximum Gasteiger partial charge on any atom is 0.118 e. The highest BCUT2D eigenvalue weighted by atomic mass is 16.5. The van der Waals surface area contributed by atoms with Crippen molar-refractivity contribution < 1.29 is 9.47 Å². The van der Waals surface area contributed by atoms with Gasteiger partial charge in [-0.1, -0.05) is 12.1 Å². The number of aryl methyl sites for hydroxylation is 1. The second-order valence-electron chi connectivity index (χ2n) is 5.31. The van der Waals surface area contributed by atoms with Gasteiger partial charge in [0.25, 0.3) is 0 Å². The molecule has 19 heavy (non-hydrogen) atoms. The van der Waals surface area contributed by atoms with Crippen molar-refractivity contribution in [3.63, 3.8) is 0 Å². The van der Waals surface area contributed by atoms with Gasteiger partial charge < -0.3 is 14.8 Å². The van der Waals surface area contributed by atoms with Gasteiger partial charge in [-0.05, 0) is 50.9 Å². The number of methoxy groups -OCH3 is 1. The van der Waals surface area contributed by atoms with Crippen LogP contribution in [0, 0.1) is 5.92 Å². The zero-order valence-electron chi connectivity index (χ0n) is 12.2. The fourth-order valence-corrected chi connectivity index (χ4v) is 2.96. The second-order valence-corrected chi connectivity index (χ2v) is 5.31. The van der Waals surface area contributed by atoms with E-state index in [0.29, 0.717) is 18.1 Å². The van der Waals surface area contributed by atoms with Crippen molar-refractivity contribution in [2.75, 3.05) is 20.8 Å². The topological polar surface area (TPSA) is 30.5 Å². The Bertz CT molecular complexity index is 377. The third kappa shape index (κ3) is 3.71. The van der Waals surface area contributed by atoms with E-state index >= 15 is 0 Å². The summed E-state index contributed by atoms with van der Waals surface area (Å²) in [6, 6.07) is 8.91. The zero-order valence-corrected chi connectivity index (χ0v) is 12.2. The van der Waals surface area contributed by atoms with E-state index in [1.807, 2.05) is 12.1 Å². The SMILES string of the molecule is CNC(CCc1ccc(OC)cc1)C1CCOC1C. The van der Waals surface area contributed by atoms with Gasteiger partial charge in [-0.2, -0.15) is 0 Å². The molecule has 1 aromatic rings. The molecule has 3 atom stereocenters. The molecule has 1 saturated heterocycles. The van der Waals surface area contributed by atoms with Crippen LogP contribution in [0.2, 0.25) is 0 Å². The molecule has 1 N–H and O–H groups in total. The van der Waals surface area contributed by atoms with E-state index in [2.05, 4.69) is 31.4 Å². The summed E-state index contributed by atoms with van der Waals surface area (Å²) in [7, 11) is 3.76. The highest BCUT2D eigenvalue weighted by Crippen LogP contribution is 2.26. The minimum absolute atomic E-state index is 0.383. The van der Waals surface area contributed by atoms with Crippen LogP contribution in [-0.2, 0) is 11.2 Å². The van der Waals surface area contributed by atoms with Crippen molar-refractivity contribution in [3.8, 4) is 5.75 Å². The molecule has 2 rings (SSSR count). The summed E-state index contributed by atoms with van der Waals surface area (Å²) in [5, 5.41) is 3.46. The molecule has 0 aliphatic carbocycles. The third-order valence-corrected chi connectivity index (χ3v) is 4.23. The molecule has 0 amide bonds. The summed E-state index contributed by atoms with van der Waals surface area (Å²) in [4.78, 5) is 0. The zero-order chi connectivity index (χ0) is 13.7. The lowest BCUT2D eigenvalue weighted by Gasteiger charge is -2.25. The first-order chi connectivity index (χ1) is 9.24. The minimum atomic E-state index is 0.383. The molecule has 0 saturated carbocycles. The molecular weight excluding hydrogens is 238 g/mol. The molecule has 3 nitrogen and oxygen atoms in total. The number of hydrogen-bond acceptors (Lipinski definition) is 3. The van der Waals surface area contributed by atoms with E-state index in [-0.39, 0.29) is 0 Å². The molecule has 0 aromatic heterocycles. The maximum absolute atomic E-state index is 5.67. The van der Waals surface area contributed by atoms with Crippen LogP contribution in [0.15, 0.2) is 24.3 Å². The van der Waals surface area contributed by atoms with E-state index in [1.165, 1.54) is 12.0 Å². The number of hydrogen-bond donors (Lipinski definition) is 1. The normalized spacial score (nSPS) is 24.4. The molecule has 1 aliphatic heterocycles. The average molecular weight is 263 g/mol. The highest BCUT2D eigenvalue weighted by Gasteiger charge is 2.30. The quantitative estimate of drug-likeness (QED) is 0.856. The van der Waals surface area contributed by atoms with Gasteiger partial charge in [0.05, 0.1) is 13.2 Å². The van der Waals surface area contributed by atoms with Gasteiger partial charge in [-0.25, -0.2) is 0 Å². The van der Waals surface area contributed by atoms with Crippen molar-refractivity contribution in [1.29, 1.82) is 0 Å². The van der Waals surface area contributed by atoms with Crippen molar-refractivity contribution in [2.45, 2.75) is 38.3 Å². The van der Waals surface area contributed by atoms with Crippen LogP contribution in [0.4, 0.5) is 0 Å². The van der Waals surface area contributed by atoms with E-state index in [9.17, 15) is 0 Å². The molecule has 0 spiro atoms. The second kappa shape index (κ2) is 6.92. The first-order valence-electron chi connectivity index (χ1n) is 7.16. The van der Waals surface area contributed by atoms with Crippen molar-refractivity contribution in [2.24, 2.45) is 5.92 Å². The summed E-state index contributed by atoms with van der Waals surface area (Å²) < 4.78 is 10.9. The van der Waals surface area contributed by atoms with Crippen LogP contribution in [0.5, 0.6) is 5.75 Å². The molecule has 0 radical (unpaired) electrons. The smallest absolute Gasteiger partial charge is 0.118 e. The Morgan fingerprint density at radius 2 is 2.11 bits per heavy atom. The Morgan fingerprint density at radius 1 is 1.37 bits per heavy atom. The Morgan fingerprint density at radius 3 is 2.63 bits per heavy atom. The average Bonchev–Trinajstić information content (AvgIpc) is 2.87. The van der Waals surface area contributed by atoms with Gasteiger partial charge in [0.15, 0.2) is 0 Å². The molecule has 3 heteroatoms. The van der Waals surface area contributed by atoms with Crippen molar-refractivity contribution in [1.82, 2.24) is 5.32 Å². The largest absolute Gasteiger partial charge is 0.497 e. The van der Waals surface area contributed by atoms with Crippen LogP contribution in [0.25, 0.3) is 0 Å². The van der Waals surface area contributed by atoms with Gasteiger partial charge in [0, 0.05) is 18.6 Å². The molecule has 0 bridgehead atoms. The predicted molar refractivity (Wildman–Crippen MR) is 77.7 cm³/mol. The molecular formula is C16H25NO2. The predicted octanol–water partition coefficient (Wildman–Crippen LogP) is 2.64. The molecule has 106 valence electrons. The van der Waals surface area contributed by atoms with Crippen molar-refractivity contribution >= 4 is 0 Å². The number of nitrogens with one attached hydrogen (secondary N) is 1. The summed E-state index contributed by atoms with van der Waals surface area (Å²) in [5.41, 5.74) is 1.37. The maximum atomic E-state index is 5.67. The van der Waals surface area contributed by atoms with E-state index in [1.54, 1.807) is 7.11 Å². The standard InChI is InChI=1S/C16H25NO2/c1-12-15(10-11-19-12)16(17-2)9-6-13-4-7-14(18-3)8-5-13/h4-5,7-8,12,15-17H,6,9-11H2,1-3H3. The van der Waals surface area contributed by atoms with Gasteiger partial charge in [0.2, 0.25) is 0 Å². The fourth-order valence-electron chi connectivity index (χ4n) is 2.96. The Labute approximate surface area is 116 Å². The number of ether oxygens (including phenoxy) is 2. The molecule has 3 unspecified atom stereocenters. The van der Waals surface area contributed by atoms with Gasteiger partial charge in [-0.3, -0.25) is 0 Å². The number of benzene rings is 1. The van der Waals surface area contributed by atoms with Crippen LogP contribution in [-0.4, -0.2) is 32.9 Å². The molecule has 1 fully saturated rings. The fraction of sp³-hybridized carbons (Fsp3) is 0.625. The summed E-state index contributed by atoms with van der Waals surface area (Å²) >= 11 is 0. The summed E-state index contributed by atoms with van der Waals surface area (Å²) in [6.07, 6.45) is 3.81. The van der Waals surface area contributed by atoms with Crippen LogP contribution in [0.3, 0.4) is 0 Å². The van der Waals surface area contributed by atoms with Crippen LogP contribution >= 0.6 is 0 Å². The Hall–Kier alpha value is -1.06. The first-order valence-corrected chi connectivity index (χ1v) is 7.16. The minimum Gasteiger partial charge on any atom is -0.497 e. The Balaban J connectivity index is 1.88.